The number of rotatable bonds is 2. The average molecular weight is 375 g/mol. The van der Waals surface area contributed by atoms with Crippen LogP contribution in [0, 0.1) is 6.92 Å². The van der Waals surface area contributed by atoms with Gasteiger partial charge in [-0.3, -0.25) is 0 Å². The highest BCUT2D eigenvalue weighted by atomic mass is 79.9. The topological polar surface area (TPSA) is 0 Å². The third-order valence-electron chi connectivity index (χ3n) is 2.64. The van der Waals surface area contributed by atoms with Gasteiger partial charge in [-0.05, 0) is 41.8 Å². The Kier molecular flexibility index (Phi) is 4.29. The minimum absolute atomic E-state index is 0.201. The molecule has 2 rings (SSSR count). The summed E-state index contributed by atoms with van der Waals surface area (Å²) in [6, 6.07) is 14.4. The first-order valence-corrected chi connectivity index (χ1v) is 7.32. The second-order valence-corrected chi connectivity index (χ2v) is 6.16. The first kappa shape index (κ1) is 13.1. The zero-order chi connectivity index (χ0) is 12.4. The maximum Gasteiger partial charge on any atom is 0.0644 e. The Morgan fingerprint density at radius 2 is 1.59 bits per heavy atom. The van der Waals surface area contributed by atoms with Gasteiger partial charge in [-0.15, -0.1) is 0 Å². The van der Waals surface area contributed by atoms with Crippen molar-refractivity contribution in [2.24, 2.45) is 0 Å². The number of hydrogen-bond donors (Lipinski definition) is 0. The van der Waals surface area contributed by atoms with Crippen molar-refractivity contribution >= 4 is 43.5 Å². The summed E-state index contributed by atoms with van der Waals surface area (Å²) in [5, 5.41) is 0.809. The highest BCUT2D eigenvalue weighted by Gasteiger charge is 2.10. The quantitative estimate of drug-likeness (QED) is 0.575. The fourth-order valence-corrected chi connectivity index (χ4v) is 2.62. The van der Waals surface area contributed by atoms with Gasteiger partial charge in [0.25, 0.3) is 0 Å². The number of halogens is 3. The van der Waals surface area contributed by atoms with Crippen LogP contribution in [-0.4, -0.2) is 0 Å². The van der Waals surface area contributed by atoms with E-state index in [2.05, 4.69) is 56.1 Å². The number of aryl methyl sites for hydroxylation is 1. The number of benzene rings is 2. The molecular formula is C14H11Br2Cl. The molecule has 3 heteroatoms. The Morgan fingerprint density at radius 3 is 2.18 bits per heavy atom. The molecule has 0 heterocycles. The Morgan fingerprint density at radius 1 is 1.00 bits per heavy atom. The van der Waals surface area contributed by atoms with Gasteiger partial charge in [0.05, 0.1) is 4.83 Å². The number of hydrogen-bond acceptors (Lipinski definition) is 0. The number of alkyl halides is 1. The first-order chi connectivity index (χ1) is 8.08. The van der Waals surface area contributed by atoms with Crippen LogP contribution >= 0.6 is 43.5 Å². The summed E-state index contributed by atoms with van der Waals surface area (Å²) in [5.74, 6) is 0. The molecule has 0 N–H and O–H groups in total. The van der Waals surface area contributed by atoms with Gasteiger partial charge in [0.2, 0.25) is 0 Å². The van der Waals surface area contributed by atoms with Gasteiger partial charge < -0.3 is 0 Å². The van der Waals surface area contributed by atoms with E-state index < -0.39 is 0 Å². The van der Waals surface area contributed by atoms with Crippen molar-refractivity contribution in [3.05, 3.63) is 68.7 Å². The lowest BCUT2D eigenvalue weighted by Gasteiger charge is -2.12. The van der Waals surface area contributed by atoms with E-state index in [1.54, 1.807) is 0 Å². The van der Waals surface area contributed by atoms with Crippen molar-refractivity contribution in [3.8, 4) is 0 Å². The maximum absolute atomic E-state index is 6.03. The molecule has 0 aliphatic heterocycles. The van der Waals surface area contributed by atoms with Crippen molar-refractivity contribution in [2.45, 2.75) is 11.8 Å². The molecule has 0 amide bonds. The first-order valence-electron chi connectivity index (χ1n) is 5.23. The minimum atomic E-state index is 0.201. The Bertz CT molecular complexity index is 520. The Balaban J connectivity index is 2.33. The molecule has 17 heavy (non-hydrogen) atoms. The molecule has 0 spiro atoms. The van der Waals surface area contributed by atoms with Crippen LogP contribution in [0.1, 0.15) is 21.5 Å². The molecule has 0 aromatic heterocycles. The van der Waals surface area contributed by atoms with E-state index in [0.29, 0.717) is 0 Å². The van der Waals surface area contributed by atoms with E-state index in [0.717, 1.165) is 15.1 Å². The third-order valence-corrected chi connectivity index (χ3v) is 4.65. The van der Waals surface area contributed by atoms with Gasteiger partial charge in [0, 0.05) is 9.50 Å². The predicted octanol–water partition coefficient (Wildman–Crippen LogP) is 5.90. The Labute approximate surface area is 123 Å². The fourth-order valence-electron chi connectivity index (χ4n) is 1.65. The molecule has 0 fully saturated rings. The van der Waals surface area contributed by atoms with Crippen molar-refractivity contribution in [1.29, 1.82) is 0 Å². The standard InChI is InChI=1S/C14H11Br2Cl/c1-9-8-11(4-7-13(9)17)14(16)10-2-5-12(15)6-3-10/h2-8,14H,1H3. The highest BCUT2D eigenvalue weighted by Crippen LogP contribution is 2.33. The van der Waals surface area contributed by atoms with Gasteiger partial charge in [0.15, 0.2) is 0 Å². The summed E-state index contributed by atoms with van der Waals surface area (Å²) in [5.41, 5.74) is 3.55. The van der Waals surface area contributed by atoms with Crippen LogP contribution in [0.2, 0.25) is 5.02 Å². The zero-order valence-electron chi connectivity index (χ0n) is 9.25. The van der Waals surface area contributed by atoms with E-state index in [9.17, 15) is 0 Å². The molecular weight excluding hydrogens is 363 g/mol. The van der Waals surface area contributed by atoms with Crippen molar-refractivity contribution < 1.29 is 0 Å². The molecule has 0 bridgehead atoms. The van der Waals surface area contributed by atoms with Crippen LogP contribution in [0.5, 0.6) is 0 Å². The summed E-state index contributed by atoms with van der Waals surface area (Å²) in [7, 11) is 0. The molecule has 0 radical (unpaired) electrons. The smallest absolute Gasteiger partial charge is 0.0644 e. The second kappa shape index (κ2) is 5.55. The molecule has 0 saturated heterocycles. The van der Waals surface area contributed by atoms with Crippen LogP contribution in [0.3, 0.4) is 0 Å². The zero-order valence-corrected chi connectivity index (χ0v) is 13.2. The second-order valence-electron chi connectivity index (χ2n) is 3.92. The van der Waals surface area contributed by atoms with Gasteiger partial charge in [0.1, 0.15) is 0 Å². The summed E-state index contributed by atoms with van der Waals surface area (Å²) in [4.78, 5) is 0.201. The average Bonchev–Trinajstić information content (AvgIpc) is 2.33. The van der Waals surface area contributed by atoms with Crippen LogP contribution in [0.15, 0.2) is 46.9 Å². The molecule has 0 aliphatic carbocycles. The van der Waals surface area contributed by atoms with Crippen LogP contribution in [0.25, 0.3) is 0 Å². The van der Waals surface area contributed by atoms with Gasteiger partial charge in [-0.1, -0.05) is 67.7 Å². The lowest BCUT2D eigenvalue weighted by molar-refractivity contribution is 1.17. The molecule has 1 unspecified atom stereocenters. The van der Waals surface area contributed by atoms with E-state index in [1.165, 1.54) is 11.1 Å². The SMILES string of the molecule is Cc1cc(C(Br)c2ccc(Br)cc2)ccc1Cl. The Hall–Kier alpha value is -0.310. The molecule has 88 valence electrons. The molecule has 0 aliphatic rings. The van der Waals surface area contributed by atoms with Crippen LogP contribution < -0.4 is 0 Å². The van der Waals surface area contributed by atoms with Crippen molar-refractivity contribution in [3.63, 3.8) is 0 Å². The van der Waals surface area contributed by atoms with E-state index in [1.807, 2.05) is 25.1 Å². The maximum atomic E-state index is 6.03. The van der Waals surface area contributed by atoms with Gasteiger partial charge in [-0.2, -0.15) is 0 Å². The molecule has 0 nitrogen and oxygen atoms in total. The molecule has 0 saturated carbocycles. The monoisotopic (exact) mass is 372 g/mol. The largest absolute Gasteiger partial charge is 0.0841 e. The minimum Gasteiger partial charge on any atom is -0.0841 e. The van der Waals surface area contributed by atoms with Crippen molar-refractivity contribution in [1.82, 2.24) is 0 Å². The summed E-state index contributed by atoms with van der Waals surface area (Å²) >= 11 is 13.2. The van der Waals surface area contributed by atoms with E-state index in [-0.39, 0.29) is 4.83 Å². The van der Waals surface area contributed by atoms with Crippen LogP contribution in [-0.2, 0) is 0 Å². The highest BCUT2D eigenvalue weighted by molar-refractivity contribution is 9.10. The summed E-state index contributed by atoms with van der Waals surface area (Å²) < 4.78 is 1.09. The fraction of sp³-hybridized carbons (Fsp3) is 0.143. The van der Waals surface area contributed by atoms with Crippen LogP contribution in [0.4, 0.5) is 0 Å². The van der Waals surface area contributed by atoms with E-state index in [4.69, 9.17) is 11.6 Å². The summed E-state index contributed by atoms with van der Waals surface area (Å²) in [6.07, 6.45) is 0. The lowest BCUT2D eigenvalue weighted by Crippen LogP contribution is -1.93. The molecule has 1 atom stereocenters. The molecule has 2 aromatic rings. The summed E-state index contributed by atoms with van der Waals surface area (Å²) in [6.45, 7) is 2.02. The normalized spacial score (nSPS) is 12.5. The molecule has 2 aromatic carbocycles. The van der Waals surface area contributed by atoms with E-state index >= 15 is 0 Å². The lowest BCUT2D eigenvalue weighted by atomic mass is 10.0. The van der Waals surface area contributed by atoms with Gasteiger partial charge >= 0.3 is 0 Å². The predicted molar refractivity (Wildman–Crippen MR) is 81.1 cm³/mol. The van der Waals surface area contributed by atoms with Gasteiger partial charge in [-0.25, -0.2) is 0 Å². The third kappa shape index (κ3) is 3.12. The van der Waals surface area contributed by atoms with Crippen molar-refractivity contribution in [2.75, 3.05) is 0 Å².